The van der Waals surface area contributed by atoms with E-state index in [0.717, 1.165) is 11.3 Å². The van der Waals surface area contributed by atoms with Crippen molar-refractivity contribution < 1.29 is 13.2 Å². The van der Waals surface area contributed by atoms with Crippen LogP contribution in [0.5, 0.6) is 5.75 Å². The van der Waals surface area contributed by atoms with Gasteiger partial charge in [0, 0.05) is 31.2 Å². The third-order valence-electron chi connectivity index (χ3n) is 4.96. The predicted molar refractivity (Wildman–Crippen MR) is 115 cm³/mol. The van der Waals surface area contributed by atoms with Gasteiger partial charge in [-0.15, -0.1) is 0 Å². The molecule has 1 aliphatic rings. The van der Waals surface area contributed by atoms with E-state index in [0.29, 0.717) is 42.0 Å². The first kappa shape index (κ1) is 21.2. The minimum atomic E-state index is -3.66. The van der Waals surface area contributed by atoms with E-state index in [1.807, 2.05) is 26.0 Å². The van der Waals surface area contributed by atoms with E-state index >= 15 is 0 Å². The van der Waals surface area contributed by atoms with Crippen molar-refractivity contribution in [2.24, 2.45) is 0 Å². The highest BCUT2D eigenvalue weighted by Crippen LogP contribution is 2.33. The monoisotopic (exact) mass is 442 g/mol. The summed E-state index contributed by atoms with van der Waals surface area (Å²) < 4.78 is 33.4. The third-order valence-corrected chi connectivity index (χ3v) is 7.43. The topological polar surface area (TPSA) is 49.9 Å². The smallest absolute Gasteiger partial charge is 0.246 e. The quantitative estimate of drug-likeness (QED) is 0.676. The number of ether oxygens (including phenoxy) is 1. The number of sulfonamides is 1. The zero-order valence-electron chi connectivity index (χ0n) is 16.2. The number of piperazine rings is 1. The van der Waals surface area contributed by atoms with Crippen molar-refractivity contribution >= 4 is 38.9 Å². The van der Waals surface area contributed by atoms with E-state index in [4.69, 9.17) is 27.9 Å². The number of hydrogen-bond donors (Lipinski definition) is 0. The van der Waals surface area contributed by atoms with Gasteiger partial charge in [0.25, 0.3) is 0 Å². The Morgan fingerprint density at radius 2 is 1.68 bits per heavy atom. The van der Waals surface area contributed by atoms with Gasteiger partial charge in [-0.25, -0.2) is 8.42 Å². The molecule has 8 heteroatoms. The molecule has 2 aromatic rings. The highest BCUT2D eigenvalue weighted by Gasteiger charge is 2.31. The van der Waals surface area contributed by atoms with Crippen LogP contribution >= 0.6 is 23.2 Å². The molecule has 2 aromatic carbocycles. The predicted octanol–water partition coefficient (Wildman–Crippen LogP) is 4.64. The first-order chi connectivity index (χ1) is 13.2. The van der Waals surface area contributed by atoms with Crippen LogP contribution in [0.25, 0.3) is 0 Å². The summed E-state index contributed by atoms with van der Waals surface area (Å²) in [4.78, 5) is 2.28. The molecule has 1 heterocycles. The lowest BCUT2D eigenvalue weighted by atomic mass is 10.0. The number of benzene rings is 2. The molecule has 0 saturated carbocycles. The highest BCUT2D eigenvalue weighted by atomic mass is 35.5. The van der Waals surface area contributed by atoms with Gasteiger partial charge < -0.3 is 9.64 Å². The standard InChI is InChI=1S/C20H24Cl2N2O3S/c1-14(2)15-4-7-19(27-3)20(12-15)28(25,26)24-10-8-23(9-11-24)18-13-16(21)5-6-17(18)22/h4-7,12-14H,8-11H2,1-3H3. The van der Waals surface area contributed by atoms with Gasteiger partial charge in [0.05, 0.1) is 17.8 Å². The molecule has 1 saturated heterocycles. The molecule has 0 aliphatic carbocycles. The average Bonchev–Trinajstić information content (AvgIpc) is 2.69. The summed E-state index contributed by atoms with van der Waals surface area (Å²) in [6.07, 6.45) is 0. The molecule has 0 aromatic heterocycles. The first-order valence-corrected chi connectivity index (χ1v) is 11.3. The number of hydrogen-bond acceptors (Lipinski definition) is 4. The van der Waals surface area contributed by atoms with Crippen LogP contribution in [0.2, 0.25) is 10.0 Å². The first-order valence-electron chi connectivity index (χ1n) is 9.12. The van der Waals surface area contributed by atoms with Gasteiger partial charge in [0.2, 0.25) is 10.0 Å². The van der Waals surface area contributed by atoms with E-state index < -0.39 is 10.0 Å². The third kappa shape index (κ3) is 4.25. The minimum absolute atomic E-state index is 0.218. The fraction of sp³-hybridized carbons (Fsp3) is 0.400. The van der Waals surface area contributed by atoms with E-state index in [1.54, 1.807) is 24.3 Å². The van der Waals surface area contributed by atoms with Gasteiger partial charge in [0.1, 0.15) is 10.6 Å². The molecule has 1 aliphatic heterocycles. The molecule has 152 valence electrons. The summed E-state index contributed by atoms with van der Waals surface area (Å²) in [6, 6.07) is 10.7. The summed E-state index contributed by atoms with van der Waals surface area (Å²) in [7, 11) is -2.17. The van der Waals surface area contributed by atoms with Crippen molar-refractivity contribution in [3.8, 4) is 5.75 Å². The molecule has 1 fully saturated rings. The van der Waals surface area contributed by atoms with Gasteiger partial charge in [-0.2, -0.15) is 4.31 Å². The lowest BCUT2D eigenvalue weighted by molar-refractivity contribution is 0.374. The van der Waals surface area contributed by atoms with Gasteiger partial charge in [-0.1, -0.05) is 43.1 Å². The van der Waals surface area contributed by atoms with Crippen LogP contribution in [0.1, 0.15) is 25.3 Å². The lowest BCUT2D eigenvalue weighted by Gasteiger charge is -2.36. The van der Waals surface area contributed by atoms with Crippen LogP contribution in [0, 0.1) is 0 Å². The van der Waals surface area contributed by atoms with Gasteiger partial charge in [-0.05, 0) is 41.8 Å². The lowest BCUT2D eigenvalue weighted by Crippen LogP contribution is -2.48. The zero-order chi connectivity index (χ0) is 20.5. The molecule has 5 nitrogen and oxygen atoms in total. The number of nitrogens with zero attached hydrogens (tertiary/aromatic N) is 2. The summed E-state index contributed by atoms with van der Waals surface area (Å²) in [5.41, 5.74) is 1.79. The van der Waals surface area contributed by atoms with Gasteiger partial charge >= 0.3 is 0 Å². The second kappa shape index (κ2) is 8.49. The van der Waals surface area contributed by atoms with Crippen LogP contribution in [-0.2, 0) is 10.0 Å². The molecular weight excluding hydrogens is 419 g/mol. The van der Waals surface area contributed by atoms with Crippen molar-refractivity contribution in [1.82, 2.24) is 4.31 Å². The molecule has 0 unspecified atom stereocenters. The Morgan fingerprint density at radius 1 is 1.00 bits per heavy atom. The molecule has 0 radical (unpaired) electrons. The molecule has 0 atom stereocenters. The summed E-state index contributed by atoms with van der Waals surface area (Å²) in [6.45, 7) is 5.86. The largest absolute Gasteiger partial charge is 0.495 e. The van der Waals surface area contributed by atoms with Crippen LogP contribution in [0.3, 0.4) is 0 Å². The van der Waals surface area contributed by atoms with Crippen molar-refractivity contribution in [2.75, 3.05) is 38.2 Å². The SMILES string of the molecule is COc1ccc(C(C)C)cc1S(=O)(=O)N1CCN(c2cc(Cl)ccc2Cl)CC1. The Hall–Kier alpha value is -1.47. The van der Waals surface area contributed by atoms with Crippen molar-refractivity contribution in [2.45, 2.75) is 24.7 Å². The van der Waals surface area contributed by atoms with Gasteiger partial charge in [0.15, 0.2) is 0 Å². The van der Waals surface area contributed by atoms with Crippen LogP contribution in [0.15, 0.2) is 41.3 Å². The van der Waals surface area contributed by atoms with Gasteiger partial charge in [-0.3, -0.25) is 0 Å². The van der Waals surface area contributed by atoms with Crippen molar-refractivity contribution in [1.29, 1.82) is 0 Å². The maximum atomic E-state index is 13.3. The maximum Gasteiger partial charge on any atom is 0.246 e. The Kier molecular flexibility index (Phi) is 6.44. The second-order valence-corrected chi connectivity index (χ2v) is 9.80. The highest BCUT2D eigenvalue weighted by molar-refractivity contribution is 7.89. The minimum Gasteiger partial charge on any atom is -0.495 e. The van der Waals surface area contributed by atoms with Crippen LogP contribution in [-0.4, -0.2) is 46.0 Å². The molecule has 0 spiro atoms. The molecule has 0 amide bonds. The van der Waals surface area contributed by atoms with Crippen LogP contribution < -0.4 is 9.64 Å². The number of anilines is 1. The number of methoxy groups -OCH3 is 1. The number of rotatable bonds is 5. The Balaban J connectivity index is 1.84. The molecule has 3 rings (SSSR count). The Bertz CT molecular complexity index is 956. The van der Waals surface area contributed by atoms with E-state index in [-0.39, 0.29) is 10.8 Å². The Morgan fingerprint density at radius 3 is 2.29 bits per heavy atom. The zero-order valence-corrected chi connectivity index (χ0v) is 18.5. The molecular formula is C20H24Cl2N2O3S. The molecule has 0 N–H and O–H groups in total. The fourth-order valence-electron chi connectivity index (χ4n) is 3.29. The van der Waals surface area contributed by atoms with E-state index in [2.05, 4.69) is 4.90 Å². The summed E-state index contributed by atoms with van der Waals surface area (Å²) in [5, 5.41) is 1.21. The van der Waals surface area contributed by atoms with E-state index in [9.17, 15) is 8.42 Å². The van der Waals surface area contributed by atoms with Crippen molar-refractivity contribution in [3.05, 3.63) is 52.0 Å². The summed E-state index contributed by atoms with van der Waals surface area (Å²) in [5.74, 6) is 0.589. The molecule has 0 bridgehead atoms. The van der Waals surface area contributed by atoms with Crippen molar-refractivity contribution in [3.63, 3.8) is 0 Å². The fourth-order valence-corrected chi connectivity index (χ4v) is 5.31. The van der Waals surface area contributed by atoms with Crippen LogP contribution in [0.4, 0.5) is 5.69 Å². The summed E-state index contributed by atoms with van der Waals surface area (Å²) >= 11 is 12.4. The maximum absolute atomic E-state index is 13.3. The second-order valence-electron chi connectivity index (χ2n) is 7.05. The number of halogens is 2. The molecule has 28 heavy (non-hydrogen) atoms. The normalized spacial score (nSPS) is 15.9. The van der Waals surface area contributed by atoms with E-state index in [1.165, 1.54) is 11.4 Å². The Labute approximate surface area is 176 Å². The average molecular weight is 443 g/mol.